The number of alkyl halides is 1. The number of nitrogens with one attached hydrogen (secondary N) is 1. The molecule has 12 heavy (non-hydrogen) atoms. The molecule has 0 radical (unpaired) electrons. The van der Waals surface area contributed by atoms with Gasteiger partial charge in [0, 0.05) is 5.39 Å². The van der Waals surface area contributed by atoms with E-state index in [0.717, 1.165) is 0 Å². The molecule has 0 aliphatic rings. The van der Waals surface area contributed by atoms with Gasteiger partial charge in [-0.2, -0.15) is 5.10 Å². The van der Waals surface area contributed by atoms with Gasteiger partial charge in [0.2, 0.25) is 0 Å². The van der Waals surface area contributed by atoms with Gasteiger partial charge in [0.25, 0.3) is 0 Å². The summed E-state index contributed by atoms with van der Waals surface area (Å²) in [4.78, 5) is 0. The van der Waals surface area contributed by atoms with Gasteiger partial charge in [-0.15, -0.1) is 0 Å². The highest BCUT2D eigenvalue weighted by atomic mass is 19.1. The zero-order valence-corrected chi connectivity index (χ0v) is 6.21. The van der Waals surface area contributed by atoms with E-state index in [0.29, 0.717) is 16.6 Å². The van der Waals surface area contributed by atoms with Crippen molar-refractivity contribution in [2.24, 2.45) is 0 Å². The minimum atomic E-state index is -0.597. The summed E-state index contributed by atoms with van der Waals surface area (Å²) < 4.78 is 12.3. The maximum Gasteiger partial charge on any atom is 0.143 e. The van der Waals surface area contributed by atoms with E-state index in [-0.39, 0.29) is 5.75 Å². The summed E-state index contributed by atoms with van der Waals surface area (Å²) in [6.45, 7) is -0.597. The predicted molar refractivity (Wildman–Crippen MR) is 42.6 cm³/mol. The molecular weight excluding hydrogens is 159 g/mol. The molecule has 0 atom stereocenters. The second-order valence-electron chi connectivity index (χ2n) is 2.51. The highest BCUT2D eigenvalue weighted by Crippen LogP contribution is 2.24. The number of rotatable bonds is 1. The second-order valence-corrected chi connectivity index (χ2v) is 2.51. The summed E-state index contributed by atoms with van der Waals surface area (Å²) in [5.41, 5.74) is 0.825. The van der Waals surface area contributed by atoms with Crippen LogP contribution in [0, 0.1) is 0 Å². The van der Waals surface area contributed by atoms with E-state index < -0.39 is 6.67 Å². The zero-order chi connectivity index (χ0) is 8.55. The fourth-order valence-electron chi connectivity index (χ4n) is 1.18. The zero-order valence-electron chi connectivity index (χ0n) is 6.21. The molecule has 0 aliphatic heterocycles. The summed E-state index contributed by atoms with van der Waals surface area (Å²) in [6, 6.07) is 4.89. The number of aromatic amines is 1. The summed E-state index contributed by atoms with van der Waals surface area (Å²) in [7, 11) is 0. The van der Waals surface area contributed by atoms with E-state index in [1.165, 1.54) is 6.07 Å². The first-order valence-electron chi connectivity index (χ1n) is 3.54. The first kappa shape index (κ1) is 7.09. The quantitative estimate of drug-likeness (QED) is 0.677. The van der Waals surface area contributed by atoms with Gasteiger partial charge in [-0.3, -0.25) is 5.10 Å². The fourth-order valence-corrected chi connectivity index (χ4v) is 1.18. The van der Waals surface area contributed by atoms with Gasteiger partial charge in [0.15, 0.2) is 0 Å². The molecule has 4 heteroatoms. The van der Waals surface area contributed by atoms with Crippen LogP contribution < -0.4 is 0 Å². The van der Waals surface area contributed by atoms with E-state index in [9.17, 15) is 9.50 Å². The number of benzene rings is 1. The molecule has 62 valence electrons. The molecule has 2 rings (SSSR count). The molecule has 1 heterocycles. The average molecular weight is 166 g/mol. The number of hydrogen-bond acceptors (Lipinski definition) is 2. The Morgan fingerprint density at radius 2 is 2.33 bits per heavy atom. The molecule has 1 aromatic carbocycles. The number of para-hydroxylation sites is 1. The third kappa shape index (κ3) is 0.845. The van der Waals surface area contributed by atoms with E-state index >= 15 is 0 Å². The molecule has 0 fully saturated rings. The number of H-pyrrole nitrogens is 1. The highest BCUT2D eigenvalue weighted by Gasteiger charge is 2.06. The molecule has 0 amide bonds. The lowest BCUT2D eigenvalue weighted by Crippen LogP contribution is -1.76. The Hall–Kier alpha value is -1.58. The molecule has 0 saturated heterocycles. The Bertz CT molecular complexity index is 410. The van der Waals surface area contributed by atoms with E-state index in [1.807, 2.05) is 0 Å². The third-order valence-electron chi connectivity index (χ3n) is 1.78. The van der Waals surface area contributed by atoms with Crippen LogP contribution in [0.3, 0.4) is 0 Å². The van der Waals surface area contributed by atoms with Crippen molar-refractivity contribution >= 4 is 10.9 Å². The Balaban J connectivity index is 2.80. The molecule has 0 spiro atoms. The Morgan fingerprint density at radius 3 is 3.08 bits per heavy atom. The molecule has 0 bridgehead atoms. The van der Waals surface area contributed by atoms with Crippen molar-refractivity contribution in [1.82, 2.24) is 10.2 Å². The highest BCUT2D eigenvalue weighted by molar-refractivity contribution is 5.86. The molecule has 0 saturated carbocycles. The Morgan fingerprint density at radius 1 is 1.50 bits per heavy atom. The number of phenols is 1. The van der Waals surface area contributed by atoms with Crippen molar-refractivity contribution < 1.29 is 9.50 Å². The van der Waals surface area contributed by atoms with Crippen molar-refractivity contribution in [2.75, 3.05) is 0 Å². The van der Waals surface area contributed by atoms with Crippen LogP contribution in [0.5, 0.6) is 5.75 Å². The molecule has 0 unspecified atom stereocenters. The maximum absolute atomic E-state index is 12.3. The van der Waals surface area contributed by atoms with E-state index in [1.54, 1.807) is 12.1 Å². The number of aromatic nitrogens is 2. The van der Waals surface area contributed by atoms with Crippen LogP contribution in [0.2, 0.25) is 0 Å². The molecule has 0 aliphatic carbocycles. The van der Waals surface area contributed by atoms with Crippen LogP contribution in [-0.4, -0.2) is 15.3 Å². The summed E-state index contributed by atoms with van der Waals surface area (Å²) in [5, 5.41) is 16.2. The van der Waals surface area contributed by atoms with Gasteiger partial charge in [-0.25, -0.2) is 4.39 Å². The second kappa shape index (κ2) is 2.48. The van der Waals surface area contributed by atoms with Crippen LogP contribution in [0.25, 0.3) is 10.9 Å². The number of fused-ring (bicyclic) bond motifs is 1. The average Bonchev–Trinajstić information content (AvgIpc) is 2.49. The number of aromatic hydroxyl groups is 1. The summed E-state index contributed by atoms with van der Waals surface area (Å²) in [6.07, 6.45) is 0. The van der Waals surface area contributed by atoms with Crippen molar-refractivity contribution in [2.45, 2.75) is 6.67 Å². The Labute approximate surface area is 67.8 Å². The van der Waals surface area contributed by atoms with Gasteiger partial charge in [-0.1, -0.05) is 12.1 Å². The van der Waals surface area contributed by atoms with Crippen LogP contribution in [0.15, 0.2) is 18.2 Å². The monoisotopic (exact) mass is 166 g/mol. The van der Waals surface area contributed by atoms with Gasteiger partial charge >= 0.3 is 0 Å². The topological polar surface area (TPSA) is 48.9 Å². The van der Waals surface area contributed by atoms with Crippen molar-refractivity contribution in [3.8, 4) is 5.75 Å². The predicted octanol–water partition coefficient (Wildman–Crippen LogP) is 1.74. The van der Waals surface area contributed by atoms with Gasteiger partial charge < -0.3 is 5.11 Å². The van der Waals surface area contributed by atoms with Crippen molar-refractivity contribution in [3.05, 3.63) is 23.9 Å². The molecule has 3 nitrogen and oxygen atoms in total. The molecule has 2 aromatic rings. The van der Waals surface area contributed by atoms with Gasteiger partial charge in [0.05, 0.1) is 5.69 Å². The smallest absolute Gasteiger partial charge is 0.143 e. The summed E-state index contributed by atoms with van der Waals surface area (Å²) in [5.74, 6) is 0.0726. The molecular formula is C8H7FN2O. The number of hydrogen-bond donors (Lipinski definition) is 2. The van der Waals surface area contributed by atoms with Crippen molar-refractivity contribution in [3.63, 3.8) is 0 Å². The standard InChI is InChI=1S/C8H7FN2O/c9-4-6-5-2-1-3-7(12)8(5)11-10-6/h1-3,12H,4H2,(H,10,11). The van der Waals surface area contributed by atoms with Crippen LogP contribution in [-0.2, 0) is 6.67 Å². The Kier molecular flexibility index (Phi) is 1.46. The minimum Gasteiger partial charge on any atom is -0.506 e. The van der Waals surface area contributed by atoms with Gasteiger partial charge in [-0.05, 0) is 6.07 Å². The molecule has 1 aromatic heterocycles. The minimum absolute atomic E-state index is 0.0726. The number of nitrogens with zero attached hydrogens (tertiary/aromatic N) is 1. The first-order chi connectivity index (χ1) is 5.83. The first-order valence-corrected chi connectivity index (χ1v) is 3.54. The largest absolute Gasteiger partial charge is 0.506 e. The fraction of sp³-hybridized carbons (Fsp3) is 0.125. The lowest BCUT2D eigenvalue weighted by atomic mass is 10.2. The van der Waals surface area contributed by atoms with Crippen LogP contribution >= 0.6 is 0 Å². The van der Waals surface area contributed by atoms with Gasteiger partial charge in [0.1, 0.15) is 17.9 Å². The van der Waals surface area contributed by atoms with Crippen molar-refractivity contribution in [1.29, 1.82) is 0 Å². The SMILES string of the molecule is Oc1cccc2c(CF)[nH]nc12. The normalized spacial score (nSPS) is 10.8. The summed E-state index contributed by atoms with van der Waals surface area (Å²) >= 11 is 0. The van der Waals surface area contributed by atoms with Crippen LogP contribution in [0.4, 0.5) is 4.39 Å². The molecule has 2 N–H and O–H groups in total. The third-order valence-corrected chi connectivity index (χ3v) is 1.78. The number of halogens is 1. The van der Waals surface area contributed by atoms with E-state index in [2.05, 4.69) is 10.2 Å². The number of phenolic OH excluding ortho intramolecular Hbond substituents is 1. The van der Waals surface area contributed by atoms with E-state index in [4.69, 9.17) is 0 Å². The lowest BCUT2D eigenvalue weighted by Gasteiger charge is -1.91. The maximum atomic E-state index is 12.3. The lowest BCUT2D eigenvalue weighted by molar-refractivity contribution is 0.477. The van der Waals surface area contributed by atoms with Crippen LogP contribution in [0.1, 0.15) is 5.69 Å².